The molecule has 0 spiro atoms. The fourth-order valence-corrected chi connectivity index (χ4v) is 3.01. The molecular formula is C18H25N3O4. The highest BCUT2D eigenvalue weighted by atomic mass is 16.4. The second-order valence-corrected chi connectivity index (χ2v) is 6.71. The van der Waals surface area contributed by atoms with Crippen molar-refractivity contribution in [2.24, 2.45) is 5.92 Å². The van der Waals surface area contributed by atoms with Gasteiger partial charge in [-0.05, 0) is 50.3 Å². The maximum absolute atomic E-state index is 12.2. The van der Waals surface area contributed by atoms with Crippen LogP contribution in [0.2, 0.25) is 0 Å². The molecule has 0 saturated heterocycles. The normalized spacial score (nSPS) is 19.8. The van der Waals surface area contributed by atoms with Gasteiger partial charge < -0.3 is 20.6 Å². The number of carbonyl (C=O) groups excluding carboxylic acids is 2. The largest absolute Gasteiger partial charge is 0.481 e. The predicted molar refractivity (Wildman–Crippen MR) is 94.7 cm³/mol. The monoisotopic (exact) mass is 347 g/mol. The number of urea groups is 1. The Bertz CT molecular complexity index is 664. The highest BCUT2D eigenvalue weighted by Crippen LogP contribution is 2.24. The van der Waals surface area contributed by atoms with Crippen LogP contribution in [0.25, 0.3) is 0 Å². The molecule has 3 N–H and O–H groups in total. The van der Waals surface area contributed by atoms with Crippen LogP contribution in [-0.2, 0) is 4.79 Å². The van der Waals surface area contributed by atoms with Crippen molar-refractivity contribution in [1.29, 1.82) is 0 Å². The summed E-state index contributed by atoms with van der Waals surface area (Å²) in [6.07, 6.45) is 2.46. The number of hydrogen-bond acceptors (Lipinski definition) is 3. The lowest BCUT2D eigenvalue weighted by Gasteiger charge is -2.26. The van der Waals surface area contributed by atoms with E-state index in [1.165, 1.54) is 4.90 Å². The van der Waals surface area contributed by atoms with Crippen molar-refractivity contribution in [3.05, 3.63) is 29.3 Å². The van der Waals surface area contributed by atoms with Gasteiger partial charge in [0.05, 0.1) is 5.92 Å². The Morgan fingerprint density at radius 1 is 1.12 bits per heavy atom. The van der Waals surface area contributed by atoms with Crippen LogP contribution in [-0.4, -0.2) is 48.1 Å². The van der Waals surface area contributed by atoms with Gasteiger partial charge in [0, 0.05) is 31.4 Å². The minimum absolute atomic E-state index is 0.0241. The van der Waals surface area contributed by atoms with Gasteiger partial charge >= 0.3 is 12.0 Å². The second kappa shape index (κ2) is 8.00. The van der Waals surface area contributed by atoms with Crippen molar-refractivity contribution in [3.8, 4) is 0 Å². The first-order chi connectivity index (χ1) is 11.8. The van der Waals surface area contributed by atoms with E-state index in [9.17, 15) is 14.4 Å². The summed E-state index contributed by atoms with van der Waals surface area (Å²) in [6, 6.07) is 4.85. The summed E-state index contributed by atoms with van der Waals surface area (Å²) in [7, 11) is 3.37. The Labute approximate surface area is 147 Å². The van der Waals surface area contributed by atoms with Crippen LogP contribution < -0.4 is 10.6 Å². The highest BCUT2D eigenvalue weighted by molar-refractivity contribution is 5.98. The molecule has 1 aromatic carbocycles. The molecule has 136 valence electrons. The average molecular weight is 347 g/mol. The number of anilines is 1. The van der Waals surface area contributed by atoms with Crippen LogP contribution in [0.15, 0.2) is 18.2 Å². The number of nitrogens with one attached hydrogen (secondary N) is 2. The molecule has 1 saturated carbocycles. The summed E-state index contributed by atoms with van der Waals surface area (Å²) in [5, 5.41) is 14.6. The molecule has 0 aromatic heterocycles. The van der Waals surface area contributed by atoms with Crippen LogP contribution in [0.4, 0.5) is 10.5 Å². The number of amides is 3. The van der Waals surface area contributed by atoms with Crippen molar-refractivity contribution in [2.75, 3.05) is 19.4 Å². The number of aryl methyl sites for hydroxylation is 1. The third kappa shape index (κ3) is 4.95. The fraction of sp³-hybridized carbons (Fsp3) is 0.500. The molecule has 2 rings (SSSR count). The molecule has 0 bridgehead atoms. The minimum Gasteiger partial charge on any atom is -0.481 e. The van der Waals surface area contributed by atoms with Crippen molar-refractivity contribution in [3.63, 3.8) is 0 Å². The zero-order chi connectivity index (χ0) is 18.6. The third-order valence-corrected chi connectivity index (χ3v) is 4.54. The van der Waals surface area contributed by atoms with Crippen molar-refractivity contribution < 1.29 is 19.5 Å². The Kier molecular flexibility index (Phi) is 6.01. The fourth-order valence-electron chi connectivity index (χ4n) is 3.01. The van der Waals surface area contributed by atoms with Gasteiger partial charge in [-0.15, -0.1) is 0 Å². The zero-order valence-corrected chi connectivity index (χ0v) is 14.8. The maximum atomic E-state index is 12.2. The van der Waals surface area contributed by atoms with E-state index < -0.39 is 5.97 Å². The van der Waals surface area contributed by atoms with E-state index in [0.29, 0.717) is 36.9 Å². The predicted octanol–water partition coefficient (Wildman–Crippen LogP) is 2.46. The molecule has 3 amide bonds. The smallest absolute Gasteiger partial charge is 0.319 e. The summed E-state index contributed by atoms with van der Waals surface area (Å²) >= 11 is 0. The SMILES string of the molecule is Cc1ccc(NC(=O)NC2CCC(C(=O)O)CC2)cc1C(=O)N(C)C. The van der Waals surface area contributed by atoms with Gasteiger partial charge in [-0.1, -0.05) is 6.07 Å². The highest BCUT2D eigenvalue weighted by Gasteiger charge is 2.26. The number of benzene rings is 1. The Balaban J connectivity index is 1.94. The number of carbonyl (C=O) groups is 3. The van der Waals surface area contributed by atoms with E-state index in [1.807, 2.05) is 6.92 Å². The molecule has 0 aliphatic heterocycles. The first kappa shape index (κ1) is 18.8. The molecule has 25 heavy (non-hydrogen) atoms. The van der Waals surface area contributed by atoms with Crippen LogP contribution in [0.1, 0.15) is 41.6 Å². The summed E-state index contributed by atoms with van der Waals surface area (Å²) in [4.78, 5) is 36.8. The van der Waals surface area contributed by atoms with Gasteiger partial charge in [0.2, 0.25) is 0 Å². The van der Waals surface area contributed by atoms with Gasteiger partial charge in [-0.3, -0.25) is 9.59 Å². The number of hydrogen-bond donors (Lipinski definition) is 3. The van der Waals surface area contributed by atoms with Crippen LogP contribution in [0, 0.1) is 12.8 Å². The van der Waals surface area contributed by atoms with Crippen LogP contribution >= 0.6 is 0 Å². The number of carboxylic acid groups (broad SMARTS) is 1. The van der Waals surface area contributed by atoms with Gasteiger partial charge in [0.15, 0.2) is 0 Å². The quantitative estimate of drug-likeness (QED) is 0.779. The lowest BCUT2D eigenvalue weighted by molar-refractivity contribution is -0.142. The van der Waals surface area contributed by atoms with E-state index >= 15 is 0 Å². The molecule has 7 heteroatoms. The lowest BCUT2D eigenvalue weighted by atomic mass is 9.86. The second-order valence-electron chi connectivity index (χ2n) is 6.71. The van der Waals surface area contributed by atoms with Gasteiger partial charge in [-0.2, -0.15) is 0 Å². The number of aliphatic carboxylic acids is 1. The molecule has 0 unspecified atom stereocenters. The van der Waals surface area contributed by atoms with Crippen molar-refractivity contribution in [1.82, 2.24) is 10.2 Å². The third-order valence-electron chi connectivity index (χ3n) is 4.54. The Hall–Kier alpha value is -2.57. The molecule has 1 fully saturated rings. The van der Waals surface area contributed by atoms with Crippen molar-refractivity contribution >= 4 is 23.6 Å². The number of nitrogens with zero attached hydrogens (tertiary/aromatic N) is 1. The molecule has 0 heterocycles. The number of rotatable bonds is 4. The van der Waals surface area contributed by atoms with Gasteiger partial charge in [0.25, 0.3) is 5.91 Å². The first-order valence-corrected chi connectivity index (χ1v) is 8.40. The van der Waals surface area contributed by atoms with Gasteiger partial charge in [0.1, 0.15) is 0 Å². The number of carboxylic acids is 1. The molecule has 7 nitrogen and oxygen atoms in total. The van der Waals surface area contributed by atoms with Gasteiger partial charge in [-0.25, -0.2) is 4.79 Å². The summed E-state index contributed by atoms with van der Waals surface area (Å²) in [6.45, 7) is 1.85. The maximum Gasteiger partial charge on any atom is 0.319 e. The topological polar surface area (TPSA) is 98.7 Å². The van der Waals surface area contributed by atoms with E-state index in [2.05, 4.69) is 10.6 Å². The zero-order valence-electron chi connectivity index (χ0n) is 14.8. The van der Waals surface area contributed by atoms with E-state index in [-0.39, 0.29) is 23.9 Å². The van der Waals surface area contributed by atoms with E-state index in [1.54, 1.807) is 32.3 Å². The molecule has 1 aliphatic carbocycles. The molecule has 1 aromatic rings. The molecular weight excluding hydrogens is 322 g/mol. The summed E-state index contributed by atoms with van der Waals surface area (Å²) in [5.41, 5.74) is 1.94. The van der Waals surface area contributed by atoms with Crippen LogP contribution in [0.3, 0.4) is 0 Å². The summed E-state index contributed by atoms with van der Waals surface area (Å²) < 4.78 is 0. The Morgan fingerprint density at radius 2 is 1.76 bits per heavy atom. The van der Waals surface area contributed by atoms with Crippen LogP contribution in [0.5, 0.6) is 0 Å². The summed E-state index contributed by atoms with van der Waals surface area (Å²) in [5.74, 6) is -1.19. The molecule has 1 aliphatic rings. The van der Waals surface area contributed by atoms with Crippen molar-refractivity contribution in [2.45, 2.75) is 38.6 Å². The van der Waals surface area contributed by atoms with E-state index in [0.717, 1.165) is 5.56 Å². The average Bonchev–Trinajstić information content (AvgIpc) is 2.56. The molecule has 0 atom stereocenters. The lowest BCUT2D eigenvalue weighted by Crippen LogP contribution is -2.41. The minimum atomic E-state index is -0.763. The first-order valence-electron chi connectivity index (χ1n) is 8.40. The standard InChI is InChI=1S/C18H25N3O4/c1-11-4-7-14(10-15(11)16(22)21(2)3)20-18(25)19-13-8-5-12(6-9-13)17(23)24/h4,7,10,12-13H,5-6,8-9H2,1-3H3,(H,23,24)(H2,19,20,25). The molecule has 0 radical (unpaired) electrons. The Morgan fingerprint density at radius 3 is 2.32 bits per heavy atom. The van der Waals surface area contributed by atoms with E-state index in [4.69, 9.17) is 5.11 Å².